The monoisotopic (exact) mass is 241 g/mol. The Morgan fingerprint density at radius 3 is 2.76 bits per heavy atom. The van der Waals surface area contributed by atoms with Gasteiger partial charge in [0.15, 0.2) is 0 Å². The standard InChI is InChI=1S/C12H19NO4/c1-8-4-6-17-11(8)12(16)13-5-2-3-9(13)7-10(14)15/h8-9,11H,2-7H2,1H3,(H,14,15). The first kappa shape index (κ1) is 12.4. The largest absolute Gasteiger partial charge is 0.481 e. The lowest BCUT2D eigenvalue weighted by Gasteiger charge is -2.27. The van der Waals surface area contributed by atoms with Crippen LogP contribution in [0, 0.1) is 5.92 Å². The zero-order valence-corrected chi connectivity index (χ0v) is 10.1. The average molecular weight is 241 g/mol. The van der Waals surface area contributed by atoms with E-state index in [0.29, 0.717) is 13.2 Å². The van der Waals surface area contributed by atoms with Crippen LogP contribution in [0.25, 0.3) is 0 Å². The van der Waals surface area contributed by atoms with E-state index in [4.69, 9.17) is 9.84 Å². The summed E-state index contributed by atoms with van der Waals surface area (Å²) in [5.41, 5.74) is 0. The number of hydrogen-bond donors (Lipinski definition) is 1. The van der Waals surface area contributed by atoms with E-state index in [1.54, 1.807) is 4.90 Å². The van der Waals surface area contributed by atoms with E-state index in [1.807, 2.05) is 6.92 Å². The SMILES string of the molecule is CC1CCOC1C(=O)N1CCCC1CC(=O)O. The highest BCUT2D eigenvalue weighted by Crippen LogP contribution is 2.27. The van der Waals surface area contributed by atoms with Gasteiger partial charge in [-0.15, -0.1) is 0 Å². The molecule has 3 atom stereocenters. The fourth-order valence-electron chi connectivity index (χ4n) is 2.71. The van der Waals surface area contributed by atoms with Crippen molar-refractivity contribution in [3.8, 4) is 0 Å². The quantitative estimate of drug-likeness (QED) is 0.796. The molecule has 0 aliphatic carbocycles. The number of aliphatic carboxylic acids is 1. The zero-order chi connectivity index (χ0) is 12.4. The van der Waals surface area contributed by atoms with Crippen LogP contribution in [0.2, 0.25) is 0 Å². The highest BCUT2D eigenvalue weighted by atomic mass is 16.5. The Morgan fingerprint density at radius 1 is 1.41 bits per heavy atom. The summed E-state index contributed by atoms with van der Waals surface area (Å²) in [6.07, 6.45) is 2.29. The summed E-state index contributed by atoms with van der Waals surface area (Å²) in [6.45, 7) is 3.32. The van der Waals surface area contributed by atoms with Crippen LogP contribution >= 0.6 is 0 Å². The molecular weight excluding hydrogens is 222 g/mol. The van der Waals surface area contributed by atoms with Gasteiger partial charge in [-0.1, -0.05) is 6.92 Å². The Labute approximate surface area is 101 Å². The number of ether oxygens (including phenoxy) is 1. The van der Waals surface area contributed by atoms with Crippen LogP contribution in [0.15, 0.2) is 0 Å². The molecule has 2 saturated heterocycles. The van der Waals surface area contributed by atoms with Crippen molar-refractivity contribution in [2.24, 2.45) is 5.92 Å². The van der Waals surface area contributed by atoms with Crippen molar-refractivity contribution in [3.63, 3.8) is 0 Å². The summed E-state index contributed by atoms with van der Waals surface area (Å²) in [4.78, 5) is 24.7. The van der Waals surface area contributed by atoms with Crippen LogP contribution in [-0.2, 0) is 14.3 Å². The van der Waals surface area contributed by atoms with Gasteiger partial charge in [-0.2, -0.15) is 0 Å². The number of rotatable bonds is 3. The molecule has 1 N–H and O–H groups in total. The predicted molar refractivity (Wildman–Crippen MR) is 60.5 cm³/mol. The van der Waals surface area contributed by atoms with Crippen LogP contribution in [0.4, 0.5) is 0 Å². The second kappa shape index (κ2) is 5.04. The molecule has 2 heterocycles. The van der Waals surface area contributed by atoms with Crippen molar-refractivity contribution >= 4 is 11.9 Å². The van der Waals surface area contributed by atoms with Gasteiger partial charge in [0, 0.05) is 19.2 Å². The van der Waals surface area contributed by atoms with E-state index in [0.717, 1.165) is 19.3 Å². The summed E-state index contributed by atoms with van der Waals surface area (Å²) in [5.74, 6) is -0.609. The fourth-order valence-corrected chi connectivity index (χ4v) is 2.71. The van der Waals surface area contributed by atoms with Crippen molar-refractivity contribution in [3.05, 3.63) is 0 Å². The maximum Gasteiger partial charge on any atom is 0.305 e. The topological polar surface area (TPSA) is 66.8 Å². The molecule has 17 heavy (non-hydrogen) atoms. The minimum absolute atomic E-state index is 0.0150. The molecule has 2 rings (SSSR count). The van der Waals surface area contributed by atoms with Crippen molar-refractivity contribution in [2.75, 3.05) is 13.2 Å². The van der Waals surface area contributed by atoms with Crippen LogP contribution in [0.5, 0.6) is 0 Å². The first-order chi connectivity index (χ1) is 8.09. The third kappa shape index (κ3) is 2.60. The molecule has 0 aromatic heterocycles. The van der Waals surface area contributed by atoms with Crippen molar-refractivity contribution in [1.82, 2.24) is 4.90 Å². The van der Waals surface area contributed by atoms with Crippen LogP contribution in [0.1, 0.15) is 32.6 Å². The maximum absolute atomic E-state index is 12.3. The highest BCUT2D eigenvalue weighted by molar-refractivity contribution is 5.82. The third-order valence-electron chi connectivity index (χ3n) is 3.70. The lowest BCUT2D eigenvalue weighted by atomic mass is 10.0. The smallest absolute Gasteiger partial charge is 0.305 e. The first-order valence-electron chi connectivity index (χ1n) is 6.23. The summed E-state index contributed by atoms with van der Waals surface area (Å²) in [5, 5.41) is 8.82. The summed E-state index contributed by atoms with van der Waals surface area (Å²) >= 11 is 0. The molecule has 0 radical (unpaired) electrons. The molecule has 2 aliphatic heterocycles. The number of carbonyl (C=O) groups excluding carboxylic acids is 1. The molecule has 0 aromatic rings. The summed E-state index contributed by atoms with van der Waals surface area (Å²) < 4.78 is 5.45. The number of carboxylic acids is 1. The summed E-state index contributed by atoms with van der Waals surface area (Å²) in [7, 11) is 0. The Morgan fingerprint density at radius 2 is 2.18 bits per heavy atom. The molecule has 0 saturated carbocycles. The number of nitrogens with zero attached hydrogens (tertiary/aromatic N) is 1. The van der Waals surface area contributed by atoms with Gasteiger partial charge in [-0.3, -0.25) is 9.59 Å². The number of likely N-dealkylation sites (tertiary alicyclic amines) is 1. The van der Waals surface area contributed by atoms with Crippen molar-refractivity contribution < 1.29 is 19.4 Å². The van der Waals surface area contributed by atoms with Gasteiger partial charge >= 0.3 is 5.97 Å². The Bertz CT molecular complexity index is 318. The average Bonchev–Trinajstić information content (AvgIpc) is 2.85. The van der Waals surface area contributed by atoms with Crippen molar-refractivity contribution in [1.29, 1.82) is 0 Å². The minimum Gasteiger partial charge on any atom is -0.481 e. The van der Waals surface area contributed by atoms with Gasteiger partial charge in [0.2, 0.25) is 0 Å². The maximum atomic E-state index is 12.3. The van der Waals surface area contributed by atoms with Crippen LogP contribution in [0.3, 0.4) is 0 Å². The molecule has 5 heteroatoms. The molecule has 96 valence electrons. The molecule has 2 fully saturated rings. The molecular formula is C12H19NO4. The number of carbonyl (C=O) groups is 2. The molecule has 1 amide bonds. The van der Waals surface area contributed by atoms with Gasteiger partial charge in [-0.05, 0) is 25.2 Å². The van der Waals surface area contributed by atoms with Gasteiger partial charge in [-0.25, -0.2) is 0 Å². The zero-order valence-electron chi connectivity index (χ0n) is 10.1. The van der Waals surface area contributed by atoms with E-state index in [1.165, 1.54) is 0 Å². The minimum atomic E-state index is -0.838. The lowest BCUT2D eigenvalue weighted by molar-refractivity contribution is -0.145. The summed E-state index contributed by atoms with van der Waals surface area (Å²) in [6, 6.07) is -0.142. The molecule has 0 aromatic carbocycles. The Hall–Kier alpha value is -1.10. The van der Waals surface area contributed by atoms with Gasteiger partial charge in [0.1, 0.15) is 6.10 Å². The normalized spacial score (nSPS) is 33.0. The van der Waals surface area contributed by atoms with Crippen molar-refractivity contribution in [2.45, 2.75) is 44.8 Å². The van der Waals surface area contributed by atoms with E-state index in [9.17, 15) is 9.59 Å². The third-order valence-corrected chi connectivity index (χ3v) is 3.70. The molecule has 3 unspecified atom stereocenters. The van der Waals surface area contributed by atoms with Crippen LogP contribution in [-0.4, -0.2) is 47.2 Å². The first-order valence-corrected chi connectivity index (χ1v) is 6.23. The predicted octanol–water partition coefficient (Wildman–Crippen LogP) is 0.877. The molecule has 0 bridgehead atoms. The number of amides is 1. The highest BCUT2D eigenvalue weighted by Gasteiger charge is 2.38. The molecule has 5 nitrogen and oxygen atoms in total. The number of hydrogen-bond acceptors (Lipinski definition) is 3. The van der Waals surface area contributed by atoms with E-state index in [2.05, 4.69) is 0 Å². The van der Waals surface area contributed by atoms with Crippen LogP contribution < -0.4 is 0 Å². The fraction of sp³-hybridized carbons (Fsp3) is 0.833. The van der Waals surface area contributed by atoms with Gasteiger partial charge < -0.3 is 14.7 Å². The van der Waals surface area contributed by atoms with Gasteiger partial charge in [0.05, 0.1) is 6.42 Å². The number of carboxylic acid groups (broad SMARTS) is 1. The van der Waals surface area contributed by atoms with Gasteiger partial charge in [0.25, 0.3) is 5.91 Å². The second-order valence-electron chi connectivity index (χ2n) is 4.98. The lowest BCUT2D eigenvalue weighted by Crippen LogP contribution is -2.44. The molecule has 2 aliphatic rings. The van der Waals surface area contributed by atoms with E-state index >= 15 is 0 Å². The Kier molecular flexibility index (Phi) is 3.66. The second-order valence-corrected chi connectivity index (χ2v) is 4.98. The molecule has 0 spiro atoms. The van der Waals surface area contributed by atoms with E-state index < -0.39 is 5.97 Å². The van der Waals surface area contributed by atoms with E-state index in [-0.39, 0.29) is 30.4 Å². The Balaban J connectivity index is 2.00.